The van der Waals surface area contributed by atoms with E-state index in [0.29, 0.717) is 12.4 Å². The molecule has 0 aliphatic heterocycles. The van der Waals surface area contributed by atoms with Gasteiger partial charge in [0, 0.05) is 4.88 Å². The molecular weight excluding hydrogens is 228 g/mol. The van der Waals surface area contributed by atoms with Crippen molar-refractivity contribution in [2.24, 2.45) is 0 Å². The van der Waals surface area contributed by atoms with Crippen LogP contribution < -0.4 is 0 Å². The Kier molecular flexibility index (Phi) is 3.38. The van der Waals surface area contributed by atoms with E-state index in [4.69, 9.17) is 14.3 Å². The summed E-state index contributed by atoms with van der Waals surface area (Å²) >= 11 is 1.62. The number of hydrogen-bond donors (Lipinski definition) is 1. The molecule has 2 rings (SSSR count). The zero-order valence-electron chi connectivity index (χ0n) is 8.38. The lowest BCUT2D eigenvalue weighted by Gasteiger charge is -1.98. The summed E-state index contributed by atoms with van der Waals surface area (Å²) in [6.45, 7) is 0.798. The summed E-state index contributed by atoms with van der Waals surface area (Å²) < 4.78 is 10.4. The minimum absolute atomic E-state index is 0.148. The van der Waals surface area contributed by atoms with Crippen LogP contribution in [-0.2, 0) is 18.0 Å². The van der Waals surface area contributed by atoms with Gasteiger partial charge in [-0.1, -0.05) is 6.07 Å². The number of rotatable bonds is 5. The van der Waals surface area contributed by atoms with E-state index in [1.54, 1.807) is 11.3 Å². The van der Waals surface area contributed by atoms with Crippen molar-refractivity contribution in [2.45, 2.75) is 13.2 Å². The predicted octanol–water partition coefficient (Wildman–Crippen LogP) is 2.76. The van der Waals surface area contributed by atoms with Crippen molar-refractivity contribution >= 4 is 17.3 Å². The van der Waals surface area contributed by atoms with Crippen LogP contribution in [0.1, 0.15) is 21.0 Å². The molecular formula is C11H10O4S. The van der Waals surface area contributed by atoms with Crippen LogP contribution in [-0.4, -0.2) is 11.1 Å². The molecule has 0 saturated heterocycles. The van der Waals surface area contributed by atoms with E-state index in [1.165, 1.54) is 12.3 Å². The molecule has 0 aliphatic carbocycles. The Morgan fingerprint density at radius 2 is 2.38 bits per heavy atom. The molecule has 1 N–H and O–H groups in total. The van der Waals surface area contributed by atoms with Crippen LogP contribution in [0.3, 0.4) is 0 Å². The lowest BCUT2D eigenvalue weighted by Crippen LogP contribution is -1.93. The van der Waals surface area contributed by atoms with Gasteiger partial charge in [0.2, 0.25) is 0 Å². The summed E-state index contributed by atoms with van der Waals surface area (Å²) in [5.74, 6) is -0.470. The molecule has 0 aliphatic rings. The molecule has 0 spiro atoms. The number of aromatic carboxylic acids is 1. The van der Waals surface area contributed by atoms with Crippen LogP contribution in [0.2, 0.25) is 0 Å². The summed E-state index contributed by atoms with van der Waals surface area (Å²) in [5.41, 5.74) is 0.148. The van der Waals surface area contributed by atoms with Crippen molar-refractivity contribution in [3.8, 4) is 0 Å². The van der Waals surface area contributed by atoms with Gasteiger partial charge in [0.25, 0.3) is 0 Å². The van der Waals surface area contributed by atoms with Crippen LogP contribution in [0.5, 0.6) is 0 Å². The molecule has 2 aromatic heterocycles. The minimum Gasteiger partial charge on any atom is -0.478 e. The van der Waals surface area contributed by atoms with Gasteiger partial charge in [0.15, 0.2) is 0 Å². The number of thiophene rings is 1. The van der Waals surface area contributed by atoms with E-state index in [-0.39, 0.29) is 12.2 Å². The van der Waals surface area contributed by atoms with Crippen molar-refractivity contribution in [1.82, 2.24) is 0 Å². The monoisotopic (exact) mass is 238 g/mol. The van der Waals surface area contributed by atoms with Gasteiger partial charge < -0.3 is 14.3 Å². The highest BCUT2D eigenvalue weighted by atomic mass is 32.1. The average molecular weight is 238 g/mol. The molecule has 0 unspecified atom stereocenters. The summed E-state index contributed by atoms with van der Waals surface area (Å²) in [7, 11) is 0. The largest absolute Gasteiger partial charge is 0.478 e. The standard InChI is InChI=1S/C11H10O4S/c12-11(13)8-4-9(15-5-8)6-14-7-10-2-1-3-16-10/h1-5H,6-7H2,(H,12,13). The third-order valence-corrected chi connectivity index (χ3v) is 2.82. The predicted molar refractivity (Wildman–Crippen MR) is 58.5 cm³/mol. The second kappa shape index (κ2) is 4.96. The lowest BCUT2D eigenvalue weighted by molar-refractivity contribution is 0.0696. The van der Waals surface area contributed by atoms with Gasteiger partial charge in [-0.05, 0) is 17.5 Å². The van der Waals surface area contributed by atoms with Crippen LogP contribution in [0, 0.1) is 0 Å². The van der Waals surface area contributed by atoms with Crippen LogP contribution in [0.4, 0.5) is 0 Å². The first-order chi connectivity index (χ1) is 7.75. The Hall–Kier alpha value is -1.59. The van der Waals surface area contributed by atoms with Gasteiger partial charge in [-0.2, -0.15) is 0 Å². The molecule has 16 heavy (non-hydrogen) atoms. The number of hydrogen-bond acceptors (Lipinski definition) is 4. The summed E-state index contributed by atoms with van der Waals surface area (Å²) in [6.07, 6.45) is 1.21. The van der Waals surface area contributed by atoms with E-state index in [0.717, 1.165) is 4.88 Å². The van der Waals surface area contributed by atoms with Crippen molar-refractivity contribution < 1.29 is 19.1 Å². The molecule has 2 heterocycles. The summed E-state index contributed by atoms with van der Waals surface area (Å²) in [5, 5.41) is 10.7. The van der Waals surface area contributed by atoms with Gasteiger partial charge in [-0.3, -0.25) is 0 Å². The maximum atomic E-state index is 10.6. The molecule has 84 valence electrons. The highest BCUT2D eigenvalue weighted by molar-refractivity contribution is 7.09. The molecule has 5 heteroatoms. The zero-order valence-corrected chi connectivity index (χ0v) is 9.20. The molecule has 0 aromatic carbocycles. The van der Waals surface area contributed by atoms with Crippen LogP contribution >= 0.6 is 11.3 Å². The fourth-order valence-corrected chi connectivity index (χ4v) is 1.86. The Balaban J connectivity index is 1.83. The fourth-order valence-electron chi connectivity index (χ4n) is 1.22. The summed E-state index contributed by atoms with van der Waals surface area (Å²) in [6, 6.07) is 5.41. The zero-order chi connectivity index (χ0) is 11.4. The number of carbonyl (C=O) groups is 1. The topological polar surface area (TPSA) is 59.7 Å². The van der Waals surface area contributed by atoms with Crippen LogP contribution in [0.15, 0.2) is 34.3 Å². The number of furan rings is 1. The second-order valence-electron chi connectivity index (χ2n) is 3.18. The first kappa shape index (κ1) is 10.9. The van der Waals surface area contributed by atoms with Gasteiger partial charge in [0.05, 0.1) is 12.2 Å². The number of carboxylic acid groups (broad SMARTS) is 1. The normalized spacial score (nSPS) is 10.5. The first-order valence-electron chi connectivity index (χ1n) is 4.66. The molecule has 2 aromatic rings. The molecule has 0 atom stereocenters. The Labute approximate surface area is 96.1 Å². The molecule has 0 saturated carbocycles. The molecule has 0 amide bonds. The Morgan fingerprint density at radius 3 is 3.00 bits per heavy atom. The second-order valence-corrected chi connectivity index (χ2v) is 4.21. The van der Waals surface area contributed by atoms with E-state index in [9.17, 15) is 4.79 Å². The fraction of sp³-hybridized carbons (Fsp3) is 0.182. The van der Waals surface area contributed by atoms with E-state index in [1.807, 2.05) is 17.5 Å². The smallest absolute Gasteiger partial charge is 0.338 e. The van der Waals surface area contributed by atoms with Crippen molar-refractivity contribution in [2.75, 3.05) is 0 Å². The lowest BCUT2D eigenvalue weighted by atomic mass is 10.3. The molecule has 0 bridgehead atoms. The van der Waals surface area contributed by atoms with Gasteiger partial charge in [-0.25, -0.2) is 4.79 Å². The third-order valence-electron chi connectivity index (χ3n) is 1.97. The molecule has 0 radical (unpaired) electrons. The number of carboxylic acids is 1. The van der Waals surface area contributed by atoms with Crippen molar-refractivity contribution in [3.05, 3.63) is 46.0 Å². The van der Waals surface area contributed by atoms with Gasteiger partial charge in [-0.15, -0.1) is 11.3 Å². The van der Waals surface area contributed by atoms with E-state index in [2.05, 4.69) is 0 Å². The molecule has 4 nitrogen and oxygen atoms in total. The molecule has 0 fully saturated rings. The van der Waals surface area contributed by atoms with Gasteiger partial charge >= 0.3 is 5.97 Å². The highest BCUT2D eigenvalue weighted by Gasteiger charge is 2.08. The average Bonchev–Trinajstić information content (AvgIpc) is 2.87. The SMILES string of the molecule is O=C(O)c1coc(COCc2cccs2)c1. The van der Waals surface area contributed by atoms with Gasteiger partial charge in [0.1, 0.15) is 18.6 Å². The van der Waals surface area contributed by atoms with E-state index < -0.39 is 5.97 Å². The minimum atomic E-state index is -0.992. The van der Waals surface area contributed by atoms with E-state index >= 15 is 0 Å². The Bertz CT molecular complexity index is 458. The summed E-state index contributed by atoms with van der Waals surface area (Å²) in [4.78, 5) is 11.7. The Morgan fingerprint density at radius 1 is 1.50 bits per heavy atom. The third kappa shape index (κ3) is 2.71. The van der Waals surface area contributed by atoms with Crippen LogP contribution in [0.25, 0.3) is 0 Å². The highest BCUT2D eigenvalue weighted by Crippen LogP contribution is 2.13. The maximum Gasteiger partial charge on any atom is 0.338 e. The quantitative estimate of drug-likeness (QED) is 0.870. The number of ether oxygens (including phenoxy) is 1. The first-order valence-corrected chi connectivity index (χ1v) is 5.54. The van der Waals surface area contributed by atoms with Crippen molar-refractivity contribution in [1.29, 1.82) is 0 Å². The maximum absolute atomic E-state index is 10.6. The van der Waals surface area contributed by atoms with Crippen molar-refractivity contribution in [3.63, 3.8) is 0 Å².